The topological polar surface area (TPSA) is 47.1 Å². The molecule has 0 bridgehead atoms. The van der Waals surface area contributed by atoms with E-state index in [0.29, 0.717) is 0 Å². The normalized spacial score (nSPS) is 16.2. The first-order valence-corrected chi connectivity index (χ1v) is 5.22. The van der Waals surface area contributed by atoms with E-state index in [0.717, 1.165) is 5.56 Å². The van der Waals surface area contributed by atoms with Gasteiger partial charge in [0.2, 0.25) is 0 Å². The van der Waals surface area contributed by atoms with Gasteiger partial charge in [0.05, 0.1) is 6.20 Å². The van der Waals surface area contributed by atoms with Crippen LogP contribution in [0.1, 0.15) is 12.5 Å². The molecule has 0 spiro atoms. The number of halogens is 3. The second kappa shape index (κ2) is 5.05. The number of hydrogen-bond acceptors (Lipinski definition) is 3. The van der Waals surface area contributed by atoms with Crippen LogP contribution in [0, 0.1) is 0 Å². The molecule has 1 heterocycles. The Balaban J connectivity index is 2.76. The Morgan fingerprint density at radius 1 is 1.53 bits per heavy atom. The molecular formula is C10H17F3N4. The first kappa shape index (κ1) is 14.0. The van der Waals surface area contributed by atoms with Gasteiger partial charge in [0, 0.05) is 31.4 Å². The predicted molar refractivity (Wildman–Crippen MR) is 58.2 cm³/mol. The van der Waals surface area contributed by atoms with Crippen LogP contribution in [-0.4, -0.2) is 40.0 Å². The third-order valence-electron chi connectivity index (χ3n) is 2.50. The van der Waals surface area contributed by atoms with Crippen molar-refractivity contribution in [2.75, 3.05) is 7.05 Å². The van der Waals surface area contributed by atoms with Gasteiger partial charge in [-0.2, -0.15) is 18.3 Å². The molecule has 2 unspecified atom stereocenters. The average Bonchev–Trinajstić information content (AvgIpc) is 2.46. The van der Waals surface area contributed by atoms with Gasteiger partial charge in [0.15, 0.2) is 0 Å². The number of nitrogens with two attached hydrogens (primary N) is 1. The van der Waals surface area contributed by atoms with Crippen LogP contribution >= 0.6 is 0 Å². The van der Waals surface area contributed by atoms with Gasteiger partial charge in [0.1, 0.15) is 6.04 Å². The average molecular weight is 250 g/mol. The first-order valence-electron chi connectivity index (χ1n) is 5.22. The Kier molecular flexibility index (Phi) is 4.16. The first-order chi connectivity index (χ1) is 7.71. The molecule has 7 heteroatoms. The Morgan fingerprint density at radius 3 is 2.47 bits per heavy atom. The molecule has 4 nitrogen and oxygen atoms in total. The van der Waals surface area contributed by atoms with Crippen molar-refractivity contribution in [3.63, 3.8) is 0 Å². The van der Waals surface area contributed by atoms with Crippen molar-refractivity contribution in [1.29, 1.82) is 0 Å². The van der Waals surface area contributed by atoms with E-state index in [1.54, 1.807) is 24.1 Å². The quantitative estimate of drug-likeness (QED) is 0.871. The molecule has 2 atom stereocenters. The largest absolute Gasteiger partial charge is 0.405 e. The van der Waals surface area contributed by atoms with Crippen molar-refractivity contribution in [1.82, 2.24) is 14.7 Å². The van der Waals surface area contributed by atoms with Gasteiger partial charge in [-0.3, -0.25) is 9.58 Å². The molecule has 0 saturated carbocycles. The summed E-state index contributed by atoms with van der Waals surface area (Å²) in [5.74, 6) is 0. The zero-order valence-corrected chi connectivity index (χ0v) is 10.1. The van der Waals surface area contributed by atoms with Crippen LogP contribution in [0.4, 0.5) is 13.2 Å². The Hall–Kier alpha value is -1.08. The van der Waals surface area contributed by atoms with Crippen LogP contribution < -0.4 is 5.73 Å². The van der Waals surface area contributed by atoms with Gasteiger partial charge in [-0.25, -0.2) is 0 Å². The molecule has 0 amide bonds. The van der Waals surface area contributed by atoms with Crippen LogP contribution in [0.3, 0.4) is 0 Å². The maximum Gasteiger partial charge on any atom is 0.405 e. The van der Waals surface area contributed by atoms with Crippen molar-refractivity contribution in [3.05, 3.63) is 18.0 Å². The lowest BCUT2D eigenvalue weighted by Crippen LogP contribution is -2.53. The molecular weight excluding hydrogens is 233 g/mol. The van der Waals surface area contributed by atoms with Crippen molar-refractivity contribution < 1.29 is 13.2 Å². The van der Waals surface area contributed by atoms with Gasteiger partial charge < -0.3 is 5.73 Å². The number of rotatable bonds is 4. The highest BCUT2D eigenvalue weighted by atomic mass is 19.4. The van der Waals surface area contributed by atoms with Crippen LogP contribution in [0.2, 0.25) is 0 Å². The van der Waals surface area contributed by atoms with Gasteiger partial charge in [-0.15, -0.1) is 0 Å². The van der Waals surface area contributed by atoms with Crippen LogP contribution in [0.15, 0.2) is 12.4 Å². The molecule has 17 heavy (non-hydrogen) atoms. The van der Waals surface area contributed by atoms with E-state index >= 15 is 0 Å². The molecule has 0 aliphatic carbocycles. The highest BCUT2D eigenvalue weighted by molar-refractivity contribution is 5.04. The summed E-state index contributed by atoms with van der Waals surface area (Å²) in [5, 5.41) is 3.91. The fourth-order valence-electron chi connectivity index (χ4n) is 1.89. The lowest BCUT2D eigenvalue weighted by molar-refractivity contribution is -0.186. The maximum absolute atomic E-state index is 12.8. The molecule has 98 valence electrons. The van der Waals surface area contributed by atoms with Crippen molar-refractivity contribution in [2.24, 2.45) is 12.8 Å². The zero-order chi connectivity index (χ0) is 13.2. The summed E-state index contributed by atoms with van der Waals surface area (Å²) in [4.78, 5) is 1.20. The molecule has 2 N–H and O–H groups in total. The summed E-state index contributed by atoms with van der Waals surface area (Å²) in [7, 11) is 3.13. The van der Waals surface area contributed by atoms with Crippen molar-refractivity contribution in [2.45, 2.75) is 31.7 Å². The molecule has 1 aromatic heterocycles. The number of likely N-dealkylation sites (N-methyl/N-ethyl adjacent to an activating group) is 1. The smallest absolute Gasteiger partial charge is 0.326 e. The summed E-state index contributed by atoms with van der Waals surface area (Å²) < 4.78 is 39.9. The van der Waals surface area contributed by atoms with Gasteiger partial charge >= 0.3 is 6.18 Å². The van der Waals surface area contributed by atoms with Crippen molar-refractivity contribution in [3.8, 4) is 0 Å². The molecule has 0 saturated heterocycles. The van der Waals surface area contributed by atoms with Gasteiger partial charge in [-0.05, 0) is 14.0 Å². The van der Waals surface area contributed by atoms with Crippen LogP contribution in [-0.2, 0) is 13.6 Å². The van der Waals surface area contributed by atoms with Gasteiger partial charge in [-0.1, -0.05) is 0 Å². The third kappa shape index (κ3) is 3.71. The number of aryl methyl sites for hydroxylation is 1. The molecule has 0 radical (unpaired) electrons. The molecule has 0 aliphatic rings. The summed E-state index contributed by atoms with van der Waals surface area (Å²) in [5.41, 5.74) is 6.13. The van der Waals surface area contributed by atoms with Crippen LogP contribution in [0.5, 0.6) is 0 Å². The maximum atomic E-state index is 12.8. The predicted octanol–water partition coefficient (Wildman–Crippen LogP) is 1.13. The van der Waals surface area contributed by atoms with Crippen molar-refractivity contribution >= 4 is 0 Å². The number of hydrogen-bond donors (Lipinski definition) is 1. The summed E-state index contributed by atoms with van der Waals surface area (Å²) in [6.07, 6.45) is -1.10. The molecule has 0 fully saturated rings. The molecule has 1 aromatic rings. The minimum atomic E-state index is -4.33. The minimum absolute atomic E-state index is 0.166. The van der Waals surface area contributed by atoms with E-state index in [4.69, 9.17) is 5.73 Å². The van der Waals surface area contributed by atoms with E-state index < -0.39 is 18.3 Å². The van der Waals surface area contributed by atoms with Gasteiger partial charge in [0.25, 0.3) is 0 Å². The highest BCUT2D eigenvalue weighted by Crippen LogP contribution is 2.26. The number of alkyl halides is 3. The third-order valence-corrected chi connectivity index (χ3v) is 2.50. The number of aromatic nitrogens is 2. The van der Waals surface area contributed by atoms with E-state index in [1.165, 1.54) is 18.9 Å². The molecule has 1 rings (SSSR count). The SMILES string of the molecule is CC(N)C(N(C)Cc1cnn(C)c1)C(F)(F)F. The highest BCUT2D eigenvalue weighted by Gasteiger charge is 2.44. The minimum Gasteiger partial charge on any atom is -0.326 e. The standard InChI is InChI=1S/C10H17F3N4/c1-7(14)9(10(11,12)13)16(2)5-8-4-15-17(3)6-8/h4,6-7,9H,5,14H2,1-3H3. The molecule has 0 aliphatic heterocycles. The number of nitrogens with zero attached hydrogens (tertiary/aromatic N) is 3. The Bertz CT molecular complexity index is 359. The lowest BCUT2D eigenvalue weighted by Gasteiger charge is -2.32. The van der Waals surface area contributed by atoms with E-state index in [1.807, 2.05) is 0 Å². The summed E-state index contributed by atoms with van der Waals surface area (Å²) in [6.45, 7) is 1.53. The monoisotopic (exact) mass is 250 g/mol. The summed E-state index contributed by atoms with van der Waals surface area (Å²) in [6, 6.07) is -2.63. The van der Waals surface area contributed by atoms with Crippen LogP contribution in [0.25, 0.3) is 0 Å². The molecule has 0 aromatic carbocycles. The summed E-state index contributed by atoms with van der Waals surface area (Å²) >= 11 is 0. The Morgan fingerprint density at radius 2 is 2.12 bits per heavy atom. The van der Waals surface area contributed by atoms with E-state index in [-0.39, 0.29) is 6.54 Å². The zero-order valence-electron chi connectivity index (χ0n) is 10.1. The van der Waals surface area contributed by atoms with E-state index in [2.05, 4.69) is 5.10 Å². The fourth-order valence-corrected chi connectivity index (χ4v) is 1.89. The second-order valence-corrected chi connectivity index (χ2v) is 4.28. The Labute approximate surface area is 98.2 Å². The second-order valence-electron chi connectivity index (χ2n) is 4.28. The van der Waals surface area contributed by atoms with E-state index in [9.17, 15) is 13.2 Å². The fraction of sp³-hybridized carbons (Fsp3) is 0.700. The lowest BCUT2D eigenvalue weighted by atomic mass is 10.1.